The van der Waals surface area contributed by atoms with E-state index < -0.39 is 0 Å². The molecule has 2 rings (SSSR count). The molecule has 0 aromatic heterocycles. The van der Waals surface area contributed by atoms with Crippen LogP contribution in [0.1, 0.15) is 84.0 Å². The quantitative estimate of drug-likeness (QED) is 0.678. The van der Waals surface area contributed by atoms with Crippen LogP contribution in [-0.2, 0) is 4.79 Å². The molecular weight excluding hydrogens is 246 g/mol. The van der Waals surface area contributed by atoms with Gasteiger partial charge in [-0.15, -0.1) is 0 Å². The average molecular weight is 275 g/mol. The number of amides is 1. The summed E-state index contributed by atoms with van der Waals surface area (Å²) in [7, 11) is 0. The minimum atomic E-state index is 0.226. The third-order valence-corrected chi connectivity index (χ3v) is 4.44. The number of hydrogen-bond donors (Lipinski definition) is 1. The molecule has 0 radical (unpaired) electrons. The molecule has 0 saturated carbocycles. The van der Waals surface area contributed by atoms with Crippen molar-refractivity contribution in [2.45, 2.75) is 84.0 Å². The standard InChI is InChI=1S/C18H29NO/c1-2-3-5-14-18(20)19-17-13-9-8-12-16(17)15-10-6-4-7-11-15/h10H,2-9,11-14H2,1H3,(H,19,20). The van der Waals surface area contributed by atoms with Crippen molar-refractivity contribution in [2.75, 3.05) is 0 Å². The normalized spacial score (nSPS) is 19.8. The van der Waals surface area contributed by atoms with Gasteiger partial charge in [0, 0.05) is 12.1 Å². The Bertz CT molecular complexity index is 392. The monoisotopic (exact) mass is 275 g/mol. The summed E-state index contributed by atoms with van der Waals surface area (Å²) in [5.41, 5.74) is 4.24. The Morgan fingerprint density at radius 3 is 2.65 bits per heavy atom. The van der Waals surface area contributed by atoms with Gasteiger partial charge >= 0.3 is 0 Å². The molecule has 2 nitrogen and oxygen atoms in total. The van der Waals surface area contributed by atoms with Crippen molar-refractivity contribution in [1.29, 1.82) is 0 Å². The zero-order chi connectivity index (χ0) is 14.2. The van der Waals surface area contributed by atoms with Crippen LogP contribution in [0.3, 0.4) is 0 Å². The number of carbonyl (C=O) groups is 1. The first-order valence-corrected chi connectivity index (χ1v) is 8.52. The molecule has 0 atom stereocenters. The smallest absolute Gasteiger partial charge is 0.224 e. The van der Waals surface area contributed by atoms with Gasteiger partial charge in [-0.05, 0) is 68.9 Å². The van der Waals surface area contributed by atoms with Gasteiger partial charge < -0.3 is 5.32 Å². The van der Waals surface area contributed by atoms with E-state index in [1.807, 2.05) is 0 Å². The molecule has 1 N–H and O–H groups in total. The van der Waals surface area contributed by atoms with E-state index in [0.29, 0.717) is 6.42 Å². The fourth-order valence-corrected chi connectivity index (χ4v) is 3.28. The molecule has 0 aromatic rings. The number of allylic oxidation sites excluding steroid dienone is 4. The number of carbonyl (C=O) groups excluding carboxylic acids is 1. The summed E-state index contributed by atoms with van der Waals surface area (Å²) in [4.78, 5) is 12.0. The summed E-state index contributed by atoms with van der Waals surface area (Å²) >= 11 is 0. The highest BCUT2D eigenvalue weighted by Crippen LogP contribution is 2.33. The first-order chi connectivity index (χ1) is 9.81. The fourth-order valence-electron chi connectivity index (χ4n) is 3.28. The average Bonchev–Trinajstić information content (AvgIpc) is 2.49. The van der Waals surface area contributed by atoms with E-state index in [9.17, 15) is 4.79 Å². The van der Waals surface area contributed by atoms with E-state index in [0.717, 1.165) is 25.7 Å². The van der Waals surface area contributed by atoms with Crippen LogP contribution in [0.4, 0.5) is 0 Å². The van der Waals surface area contributed by atoms with Crippen LogP contribution in [0.5, 0.6) is 0 Å². The molecule has 0 unspecified atom stereocenters. The summed E-state index contributed by atoms with van der Waals surface area (Å²) in [6.07, 6.45) is 16.2. The van der Waals surface area contributed by atoms with E-state index in [1.54, 1.807) is 0 Å². The van der Waals surface area contributed by atoms with Crippen LogP contribution >= 0.6 is 0 Å². The number of hydrogen-bond acceptors (Lipinski definition) is 1. The zero-order valence-electron chi connectivity index (χ0n) is 13.0. The molecular formula is C18H29NO. The molecule has 1 amide bonds. The van der Waals surface area contributed by atoms with Gasteiger partial charge in [0.1, 0.15) is 0 Å². The molecule has 2 heteroatoms. The second-order valence-corrected chi connectivity index (χ2v) is 6.14. The third kappa shape index (κ3) is 4.50. The Morgan fingerprint density at radius 2 is 1.90 bits per heavy atom. The lowest BCUT2D eigenvalue weighted by Crippen LogP contribution is -2.25. The Hall–Kier alpha value is -1.05. The van der Waals surface area contributed by atoms with Gasteiger partial charge in [0.2, 0.25) is 5.91 Å². The van der Waals surface area contributed by atoms with Gasteiger partial charge in [0.05, 0.1) is 0 Å². The summed E-state index contributed by atoms with van der Waals surface area (Å²) < 4.78 is 0. The Kier molecular flexibility index (Phi) is 6.35. The summed E-state index contributed by atoms with van der Waals surface area (Å²) in [5, 5.41) is 3.23. The maximum atomic E-state index is 12.0. The van der Waals surface area contributed by atoms with Gasteiger partial charge in [-0.2, -0.15) is 0 Å². The number of nitrogens with one attached hydrogen (secondary N) is 1. The molecule has 112 valence electrons. The highest BCUT2D eigenvalue weighted by Gasteiger charge is 2.18. The summed E-state index contributed by atoms with van der Waals surface area (Å²) in [6.45, 7) is 2.18. The molecule has 2 aliphatic carbocycles. The molecule has 20 heavy (non-hydrogen) atoms. The first-order valence-electron chi connectivity index (χ1n) is 8.52. The van der Waals surface area contributed by atoms with E-state index in [1.165, 1.54) is 61.8 Å². The minimum Gasteiger partial charge on any atom is -0.330 e. The maximum Gasteiger partial charge on any atom is 0.224 e. The Balaban J connectivity index is 1.99. The van der Waals surface area contributed by atoms with Gasteiger partial charge in [0.25, 0.3) is 0 Å². The van der Waals surface area contributed by atoms with Crippen LogP contribution < -0.4 is 5.32 Å². The lowest BCUT2D eigenvalue weighted by Gasteiger charge is -2.25. The molecule has 0 aromatic carbocycles. The second-order valence-electron chi connectivity index (χ2n) is 6.14. The van der Waals surface area contributed by atoms with Crippen LogP contribution in [-0.4, -0.2) is 5.91 Å². The fraction of sp³-hybridized carbons (Fsp3) is 0.722. The Labute approximate surface area is 123 Å². The topological polar surface area (TPSA) is 29.1 Å². The van der Waals surface area contributed by atoms with Crippen molar-refractivity contribution in [2.24, 2.45) is 0 Å². The minimum absolute atomic E-state index is 0.226. The number of unbranched alkanes of at least 4 members (excludes halogenated alkanes) is 2. The van der Waals surface area contributed by atoms with Gasteiger partial charge in [-0.3, -0.25) is 4.79 Å². The van der Waals surface area contributed by atoms with Crippen molar-refractivity contribution in [3.8, 4) is 0 Å². The van der Waals surface area contributed by atoms with Gasteiger partial charge in [0.15, 0.2) is 0 Å². The lowest BCUT2D eigenvalue weighted by molar-refractivity contribution is -0.120. The van der Waals surface area contributed by atoms with Crippen molar-refractivity contribution in [1.82, 2.24) is 5.32 Å². The van der Waals surface area contributed by atoms with Crippen LogP contribution in [0.25, 0.3) is 0 Å². The molecule has 0 fully saturated rings. The molecule has 0 saturated heterocycles. The summed E-state index contributed by atoms with van der Waals surface area (Å²) in [5.74, 6) is 0.226. The van der Waals surface area contributed by atoms with Crippen LogP contribution in [0.15, 0.2) is 22.9 Å². The van der Waals surface area contributed by atoms with Crippen molar-refractivity contribution >= 4 is 5.91 Å². The maximum absolute atomic E-state index is 12.0. The molecule has 0 spiro atoms. The van der Waals surface area contributed by atoms with E-state index >= 15 is 0 Å². The van der Waals surface area contributed by atoms with Crippen LogP contribution in [0, 0.1) is 0 Å². The molecule has 0 aliphatic heterocycles. The van der Waals surface area contributed by atoms with E-state index in [-0.39, 0.29) is 5.91 Å². The first kappa shape index (κ1) is 15.3. The molecule has 0 heterocycles. The highest BCUT2D eigenvalue weighted by atomic mass is 16.1. The number of rotatable bonds is 6. The zero-order valence-corrected chi connectivity index (χ0v) is 13.0. The largest absolute Gasteiger partial charge is 0.330 e. The van der Waals surface area contributed by atoms with E-state index in [4.69, 9.17) is 0 Å². The molecule has 2 aliphatic rings. The second kappa shape index (κ2) is 8.28. The van der Waals surface area contributed by atoms with Gasteiger partial charge in [-0.1, -0.05) is 25.8 Å². The summed E-state index contributed by atoms with van der Waals surface area (Å²) in [6, 6.07) is 0. The predicted molar refractivity (Wildman–Crippen MR) is 84.3 cm³/mol. The van der Waals surface area contributed by atoms with Crippen molar-refractivity contribution in [3.63, 3.8) is 0 Å². The third-order valence-electron chi connectivity index (χ3n) is 4.44. The van der Waals surface area contributed by atoms with E-state index in [2.05, 4.69) is 18.3 Å². The van der Waals surface area contributed by atoms with Crippen molar-refractivity contribution < 1.29 is 4.79 Å². The predicted octanol–water partition coefficient (Wildman–Crippen LogP) is 5.01. The SMILES string of the molecule is CCCCCC(=O)NC1=C(C2=CCCCC2)CCCC1. The molecule has 0 bridgehead atoms. The van der Waals surface area contributed by atoms with Crippen molar-refractivity contribution in [3.05, 3.63) is 22.9 Å². The highest BCUT2D eigenvalue weighted by molar-refractivity contribution is 5.78. The van der Waals surface area contributed by atoms with Gasteiger partial charge in [-0.25, -0.2) is 0 Å². The van der Waals surface area contributed by atoms with Crippen LogP contribution in [0.2, 0.25) is 0 Å². The Morgan fingerprint density at radius 1 is 1.10 bits per heavy atom. The lowest BCUT2D eigenvalue weighted by atomic mass is 9.85.